The average molecular weight is 166 g/mol. The maximum absolute atomic E-state index is 11.3. The molecule has 0 atom stereocenters. The number of likely N-dealkylation sites (N-methyl/N-ethyl adjacent to an activating group) is 1. The van der Waals surface area contributed by atoms with Gasteiger partial charge in [-0.15, -0.1) is 0 Å². The molecule has 0 unspecified atom stereocenters. The van der Waals surface area contributed by atoms with Crippen LogP contribution in [0.5, 0.6) is 0 Å². The lowest BCUT2D eigenvalue weighted by molar-refractivity contribution is -0.117. The molecule has 12 heavy (non-hydrogen) atoms. The normalized spacial score (nSPS) is 16.4. The Hall–Kier alpha value is -1.25. The molecule has 0 aromatic carbocycles. The van der Waals surface area contributed by atoms with E-state index in [2.05, 4.69) is 5.32 Å². The van der Waals surface area contributed by atoms with Gasteiger partial charge in [0, 0.05) is 17.8 Å². The van der Waals surface area contributed by atoms with E-state index in [0.717, 1.165) is 24.1 Å². The molecule has 1 rings (SSSR count). The summed E-state index contributed by atoms with van der Waals surface area (Å²) in [7, 11) is 0. The van der Waals surface area contributed by atoms with Crippen molar-refractivity contribution in [2.75, 3.05) is 6.54 Å². The largest absolute Gasteiger partial charge is 0.402 e. The zero-order valence-electron chi connectivity index (χ0n) is 7.26. The molecule has 0 aromatic rings. The molecule has 3 nitrogen and oxygen atoms in total. The second-order valence-electron chi connectivity index (χ2n) is 2.79. The minimum Gasteiger partial charge on any atom is -0.402 e. The van der Waals surface area contributed by atoms with Crippen LogP contribution in [-0.2, 0) is 4.79 Å². The lowest BCUT2D eigenvalue weighted by Crippen LogP contribution is -2.25. The molecule has 1 amide bonds. The fourth-order valence-electron chi connectivity index (χ4n) is 1.12. The van der Waals surface area contributed by atoms with Gasteiger partial charge in [0.05, 0.1) is 0 Å². The quantitative estimate of drug-likeness (QED) is 0.634. The van der Waals surface area contributed by atoms with Crippen molar-refractivity contribution in [2.45, 2.75) is 19.8 Å². The van der Waals surface area contributed by atoms with E-state index in [1.54, 1.807) is 12.2 Å². The Bertz CT molecular complexity index is 241. The van der Waals surface area contributed by atoms with Gasteiger partial charge < -0.3 is 11.1 Å². The third-order valence-electron chi connectivity index (χ3n) is 1.81. The molecule has 3 N–H and O–H groups in total. The summed E-state index contributed by atoms with van der Waals surface area (Å²) in [6.07, 6.45) is 5.15. The van der Waals surface area contributed by atoms with Crippen LogP contribution in [0.15, 0.2) is 23.4 Å². The Morgan fingerprint density at radius 3 is 2.83 bits per heavy atom. The van der Waals surface area contributed by atoms with E-state index in [0.29, 0.717) is 6.54 Å². The van der Waals surface area contributed by atoms with Crippen molar-refractivity contribution in [1.29, 1.82) is 0 Å². The predicted octanol–water partition coefficient (Wildman–Crippen LogP) is 0.685. The van der Waals surface area contributed by atoms with E-state index in [4.69, 9.17) is 5.73 Å². The molecule has 1 aliphatic rings. The number of carbonyl (C=O) groups is 1. The first kappa shape index (κ1) is 8.84. The van der Waals surface area contributed by atoms with E-state index in [1.807, 2.05) is 6.92 Å². The summed E-state index contributed by atoms with van der Waals surface area (Å²) >= 11 is 0. The first-order chi connectivity index (χ1) is 5.74. The number of amides is 1. The Morgan fingerprint density at radius 1 is 1.58 bits per heavy atom. The predicted molar refractivity (Wildman–Crippen MR) is 48.3 cm³/mol. The fourth-order valence-corrected chi connectivity index (χ4v) is 1.12. The summed E-state index contributed by atoms with van der Waals surface area (Å²) in [6.45, 7) is 2.58. The third-order valence-corrected chi connectivity index (χ3v) is 1.81. The smallest absolute Gasteiger partial charge is 0.247 e. The molecule has 0 fully saturated rings. The standard InChI is InChI=1S/C9H14N2O/c1-2-11-9(12)7-3-5-8(10)6-4-7/h3,5H,2,4,6,10H2,1H3,(H,11,12). The molecular formula is C9H14N2O. The summed E-state index contributed by atoms with van der Waals surface area (Å²) in [5.74, 6) is 0.0289. The fraction of sp³-hybridized carbons (Fsp3) is 0.444. The van der Waals surface area contributed by atoms with Crippen LogP contribution in [0.25, 0.3) is 0 Å². The van der Waals surface area contributed by atoms with E-state index in [1.165, 1.54) is 0 Å². The minimum absolute atomic E-state index is 0.0289. The van der Waals surface area contributed by atoms with E-state index < -0.39 is 0 Å². The monoisotopic (exact) mass is 166 g/mol. The Morgan fingerprint density at radius 2 is 2.33 bits per heavy atom. The number of hydrogen-bond acceptors (Lipinski definition) is 2. The van der Waals surface area contributed by atoms with E-state index >= 15 is 0 Å². The highest BCUT2D eigenvalue weighted by Crippen LogP contribution is 2.14. The number of hydrogen-bond donors (Lipinski definition) is 2. The number of allylic oxidation sites excluding steroid dienone is 3. The minimum atomic E-state index is 0.0289. The highest BCUT2D eigenvalue weighted by atomic mass is 16.1. The van der Waals surface area contributed by atoms with Crippen LogP contribution in [0.3, 0.4) is 0 Å². The maximum Gasteiger partial charge on any atom is 0.247 e. The molecule has 0 aromatic heterocycles. The molecule has 0 spiro atoms. The van der Waals surface area contributed by atoms with Crippen LogP contribution in [0.1, 0.15) is 19.8 Å². The first-order valence-electron chi connectivity index (χ1n) is 4.17. The lowest BCUT2D eigenvalue weighted by Gasteiger charge is -2.10. The van der Waals surface area contributed by atoms with Crippen molar-refractivity contribution in [1.82, 2.24) is 5.32 Å². The Labute approximate surface area is 72.3 Å². The number of carbonyl (C=O) groups excluding carboxylic acids is 1. The van der Waals surface area contributed by atoms with Gasteiger partial charge in [0.15, 0.2) is 0 Å². The van der Waals surface area contributed by atoms with Crippen molar-refractivity contribution in [3.05, 3.63) is 23.4 Å². The summed E-state index contributed by atoms with van der Waals surface area (Å²) < 4.78 is 0. The molecule has 1 aliphatic carbocycles. The van der Waals surface area contributed by atoms with E-state index in [-0.39, 0.29) is 5.91 Å². The third kappa shape index (κ3) is 2.12. The van der Waals surface area contributed by atoms with Gasteiger partial charge in [-0.2, -0.15) is 0 Å². The van der Waals surface area contributed by atoms with E-state index in [9.17, 15) is 4.79 Å². The molecular weight excluding hydrogens is 152 g/mol. The van der Waals surface area contributed by atoms with Gasteiger partial charge in [-0.05, 0) is 25.8 Å². The SMILES string of the molecule is CCNC(=O)C1=CC=C(N)CC1. The zero-order chi connectivity index (χ0) is 8.97. The van der Waals surface area contributed by atoms with Gasteiger partial charge in [-0.3, -0.25) is 4.79 Å². The molecule has 3 heteroatoms. The number of rotatable bonds is 2. The summed E-state index contributed by atoms with van der Waals surface area (Å²) in [5.41, 5.74) is 7.23. The molecule has 0 heterocycles. The maximum atomic E-state index is 11.3. The van der Waals surface area contributed by atoms with Crippen molar-refractivity contribution in [3.8, 4) is 0 Å². The van der Waals surface area contributed by atoms with Crippen LogP contribution in [-0.4, -0.2) is 12.5 Å². The molecule has 0 saturated carbocycles. The highest BCUT2D eigenvalue weighted by Gasteiger charge is 2.10. The number of nitrogens with two attached hydrogens (primary N) is 1. The Kier molecular flexibility index (Phi) is 2.91. The topological polar surface area (TPSA) is 55.1 Å². The molecule has 0 aliphatic heterocycles. The van der Waals surface area contributed by atoms with Crippen LogP contribution in [0.2, 0.25) is 0 Å². The molecule has 66 valence electrons. The van der Waals surface area contributed by atoms with Gasteiger partial charge in [0.2, 0.25) is 5.91 Å². The van der Waals surface area contributed by atoms with Crippen molar-refractivity contribution in [2.24, 2.45) is 5.73 Å². The molecule has 0 radical (unpaired) electrons. The van der Waals surface area contributed by atoms with Crippen LogP contribution in [0, 0.1) is 0 Å². The van der Waals surface area contributed by atoms with Gasteiger partial charge >= 0.3 is 0 Å². The Balaban J connectivity index is 2.59. The summed E-state index contributed by atoms with van der Waals surface area (Å²) in [4.78, 5) is 11.3. The highest BCUT2D eigenvalue weighted by molar-refractivity contribution is 5.93. The molecule has 0 saturated heterocycles. The van der Waals surface area contributed by atoms with Crippen molar-refractivity contribution in [3.63, 3.8) is 0 Å². The second-order valence-corrected chi connectivity index (χ2v) is 2.79. The second kappa shape index (κ2) is 3.95. The van der Waals surface area contributed by atoms with Crippen LogP contribution >= 0.6 is 0 Å². The van der Waals surface area contributed by atoms with Crippen LogP contribution in [0.4, 0.5) is 0 Å². The van der Waals surface area contributed by atoms with Gasteiger partial charge in [0.1, 0.15) is 0 Å². The summed E-state index contributed by atoms with van der Waals surface area (Å²) in [6, 6.07) is 0. The average Bonchev–Trinajstić information content (AvgIpc) is 2.06. The van der Waals surface area contributed by atoms with Crippen molar-refractivity contribution >= 4 is 5.91 Å². The van der Waals surface area contributed by atoms with Gasteiger partial charge in [-0.1, -0.05) is 6.08 Å². The molecule has 0 bridgehead atoms. The summed E-state index contributed by atoms with van der Waals surface area (Å²) in [5, 5.41) is 2.75. The lowest BCUT2D eigenvalue weighted by atomic mass is 10.0. The van der Waals surface area contributed by atoms with Gasteiger partial charge in [0.25, 0.3) is 0 Å². The van der Waals surface area contributed by atoms with Crippen molar-refractivity contribution < 1.29 is 4.79 Å². The van der Waals surface area contributed by atoms with Crippen LogP contribution < -0.4 is 11.1 Å². The number of nitrogens with one attached hydrogen (secondary N) is 1. The first-order valence-corrected chi connectivity index (χ1v) is 4.17. The zero-order valence-corrected chi connectivity index (χ0v) is 7.26. The van der Waals surface area contributed by atoms with Gasteiger partial charge in [-0.25, -0.2) is 0 Å².